The summed E-state index contributed by atoms with van der Waals surface area (Å²) >= 11 is 13.4. The van der Waals surface area contributed by atoms with Crippen molar-refractivity contribution in [3.8, 4) is 5.75 Å². The summed E-state index contributed by atoms with van der Waals surface area (Å²) < 4.78 is 7.89. The number of benzene rings is 2. The molecule has 5 nitrogen and oxygen atoms in total. The van der Waals surface area contributed by atoms with E-state index in [4.69, 9.17) is 27.9 Å². The number of hydrogen-bond donors (Lipinski definition) is 0. The molecule has 3 rings (SSSR count). The molecule has 3 aromatic rings. The number of ether oxygens (including phenoxy) is 1. The predicted molar refractivity (Wildman–Crippen MR) is 113 cm³/mol. The van der Waals surface area contributed by atoms with Crippen LogP contribution >= 0.6 is 35.0 Å². The van der Waals surface area contributed by atoms with Gasteiger partial charge in [0.05, 0.1) is 10.8 Å². The quantitative estimate of drug-likeness (QED) is 0.334. The molecule has 1 atom stereocenters. The Morgan fingerprint density at radius 1 is 1.14 bits per heavy atom. The third-order valence-corrected chi connectivity index (χ3v) is 5.60. The highest BCUT2D eigenvalue weighted by atomic mass is 35.5. The largest absolute Gasteiger partial charge is 0.481 e. The first-order chi connectivity index (χ1) is 13.5. The molecular formula is C20H19Cl2N3O2S. The molecule has 2 aromatic carbocycles. The molecule has 1 heterocycles. The zero-order chi connectivity index (χ0) is 20.1. The highest BCUT2D eigenvalue weighted by Gasteiger charge is 2.20. The second-order valence-electron chi connectivity index (χ2n) is 5.99. The van der Waals surface area contributed by atoms with Crippen LogP contribution in [0, 0.1) is 0 Å². The van der Waals surface area contributed by atoms with E-state index in [1.165, 1.54) is 11.8 Å². The number of carbonyl (C=O) groups is 1. The summed E-state index contributed by atoms with van der Waals surface area (Å²) in [6, 6.07) is 14.2. The Labute approximate surface area is 178 Å². The smallest absolute Gasteiger partial charge is 0.191 e. The second-order valence-corrected chi connectivity index (χ2v) is 7.78. The number of carbonyl (C=O) groups excluding carboxylic acids is 1. The van der Waals surface area contributed by atoms with Gasteiger partial charge < -0.3 is 9.30 Å². The fourth-order valence-corrected chi connectivity index (χ4v) is 3.85. The van der Waals surface area contributed by atoms with Gasteiger partial charge in [-0.3, -0.25) is 4.79 Å². The van der Waals surface area contributed by atoms with Crippen molar-refractivity contribution in [2.45, 2.75) is 31.7 Å². The highest BCUT2D eigenvalue weighted by molar-refractivity contribution is 7.99. The van der Waals surface area contributed by atoms with Crippen LogP contribution in [-0.4, -0.2) is 26.3 Å². The van der Waals surface area contributed by atoms with Gasteiger partial charge in [0.1, 0.15) is 5.75 Å². The Balaban J connectivity index is 1.70. The Bertz CT molecular complexity index is 960. The zero-order valence-electron chi connectivity index (χ0n) is 15.4. The Morgan fingerprint density at radius 2 is 1.86 bits per heavy atom. The van der Waals surface area contributed by atoms with Gasteiger partial charge in [0.15, 0.2) is 22.9 Å². The van der Waals surface area contributed by atoms with E-state index < -0.39 is 0 Å². The van der Waals surface area contributed by atoms with E-state index >= 15 is 0 Å². The van der Waals surface area contributed by atoms with Gasteiger partial charge in [-0.2, -0.15) is 0 Å². The molecule has 0 N–H and O–H groups in total. The Hall–Kier alpha value is -2.02. The van der Waals surface area contributed by atoms with Gasteiger partial charge in [0.2, 0.25) is 0 Å². The summed E-state index contributed by atoms with van der Waals surface area (Å²) in [5, 5.41) is 10.3. The van der Waals surface area contributed by atoms with E-state index in [0.29, 0.717) is 38.9 Å². The molecule has 0 radical (unpaired) electrons. The first kappa shape index (κ1) is 20.7. The summed E-state index contributed by atoms with van der Waals surface area (Å²) in [7, 11) is 0. The van der Waals surface area contributed by atoms with Gasteiger partial charge in [-0.05, 0) is 50.2 Å². The van der Waals surface area contributed by atoms with Crippen LogP contribution in [0.5, 0.6) is 5.75 Å². The van der Waals surface area contributed by atoms with Crippen LogP contribution in [-0.2, 0) is 6.54 Å². The van der Waals surface area contributed by atoms with E-state index in [9.17, 15) is 4.79 Å². The number of rotatable bonds is 8. The lowest BCUT2D eigenvalue weighted by molar-refractivity contribution is 0.102. The summed E-state index contributed by atoms with van der Waals surface area (Å²) in [6.07, 6.45) is -0.339. The summed E-state index contributed by atoms with van der Waals surface area (Å²) in [6.45, 7) is 4.56. The van der Waals surface area contributed by atoms with Crippen LogP contribution in [0.2, 0.25) is 10.0 Å². The molecule has 1 unspecified atom stereocenters. The molecule has 0 aliphatic rings. The average Bonchev–Trinajstić information content (AvgIpc) is 3.11. The van der Waals surface area contributed by atoms with E-state index in [0.717, 1.165) is 0 Å². The molecule has 28 heavy (non-hydrogen) atoms. The standard InChI is InChI=1S/C20H19Cl2N3O2S/c1-3-25-19(13(2)27-18-7-5-4-6-16(18)22)23-24-20(25)28-12-17(26)14-8-10-15(21)11-9-14/h4-11,13H,3,12H2,1-2H3. The fraction of sp³-hybridized carbons (Fsp3) is 0.250. The highest BCUT2D eigenvalue weighted by Crippen LogP contribution is 2.29. The van der Waals surface area contributed by atoms with E-state index in [1.807, 2.05) is 36.6 Å². The SMILES string of the molecule is CCn1c(SCC(=O)c2ccc(Cl)cc2)nnc1C(C)Oc1ccccc1Cl. The van der Waals surface area contributed by atoms with Crippen molar-refractivity contribution in [3.63, 3.8) is 0 Å². The lowest BCUT2D eigenvalue weighted by atomic mass is 10.1. The number of hydrogen-bond acceptors (Lipinski definition) is 5. The number of nitrogens with zero attached hydrogens (tertiary/aromatic N) is 3. The van der Waals surface area contributed by atoms with Crippen LogP contribution < -0.4 is 4.74 Å². The maximum atomic E-state index is 12.4. The van der Waals surface area contributed by atoms with Gasteiger partial charge >= 0.3 is 0 Å². The van der Waals surface area contributed by atoms with Gasteiger partial charge in [0.25, 0.3) is 0 Å². The minimum atomic E-state index is -0.339. The van der Waals surface area contributed by atoms with E-state index in [-0.39, 0.29) is 17.6 Å². The number of ketones is 1. The topological polar surface area (TPSA) is 57.0 Å². The van der Waals surface area contributed by atoms with Crippen molar-refractivity contribution in [2.24, 2.45) is 0 Å². The maximum absolute atomic E-state index is 12.4. The Kier molecular flexibility index (Phi) is 6.99. The van der Waals surface area contributed by atoms with Crippen LogP contribution in [0.25, 0.3) is 0 Å². The number of Topliss-reactive ketones (excluding diaryl/α,β-unsaturated/α-hetero) is 1. The maximum Gasteiger partial charge on any atom is 0.191 e. The molecule has 0 saturated carbocycles. The van der Waals surface area contributed by atoms with Crippen LogP contribution in [0.15, 0.2) is 53.7 Å². The van der Waals surface area contributed by atoms with Gasteiger partial charge in [-0.25, -0.2) is 0 Å². The van der Waals surface area contributed by atoms with Crippen molar-refractivity contribution in [2.75, 3.05) is 5.75 Å². The molecule has 0 aliphatic carbocycles. The summed E-state index contributed by atoms with van der Waals surface area (Å²) in [4.78, 5) is 12.4. The van der Waals surface area contributed by atoms with Gasteiger partial charge in [0, 0.05) is 17.1 Å². The van der Waals surface area contributed by atoms with Crippen LogP contribution in [0.3, 0.4) is 0 Å². The van der Waals surface area contributed by atoms with Crippen molar-refractivity contribution < 1.29 is 9.53 Å². The number of halogens is 2. The summed E-state index contributed by atoms with van der Waals surface area (Å²) in [5.74, 6) is 1.55. The molecule has 0 aliphatic heterocycles. The van der Waals surface area contributed by atoms with Crippen molar-refractivity contribution in [1.29, 1.82) is 0 Å². The Morgan fingerprint density at radius 3 is 2.54 bits per heavy atom. The van der Waals surface area contributed by atoms with Crippen LogP contribution in [0.1, 0.15) is 36.1 Å². The number of thioether (sulfide) groups is 1. The van der Waals surface area contributed by atoms with Crippen molar-refractivity contribution >= 4 is 40.7 Å². The molecule has 0 spiro atoms. The van der Waals surface area contributed by atoms with Gasteiger partial charge in [-0.1, -0.05) is 47.1 Å². The fourth-order valence-electron chi connectivity index (χ4n) is 2.64. The molecule has 0 fully saturated rings. The molecule has 0 amide bonds. The molecule has 146 valence electrons. The minimum absolute atomic E-state index is 0.00855. The van der Waals surface area contributed by atoms with Crippen LogP contribution in [0.4, 0.5) is 0 Å². The summed E-state index contributed by atoms with van der Waals surface area (Å²) in [5.41, 5.74) is 0.620. The number of para-hydroxylation sites is 1. The third-order valence-electron chi connectivity index (χ3n) is 4.06. The van der Waals surface area contributed by atoms with Crippen molar-refractivity contribution in [3.05, 3.63) is 70.0 Å². The normalized spacial score (nSPS) is 12.0. The lowest BCUT2D eigenvalue weighted by Crippen LogP contribution is -2.12. The lowest BCUT2D eigenvalue weighted by Gasteiger charge is -2.16. The van der Waals surface area contributed by atoms with Gasteiger partial charge in [-0.15, -0.1) is 10.2 Å². The molecule has 8 heteroatoms. The molecule has 0 bridgehead atoms. The number of aromatic nitrogens is 3. The first-order valence-electron chi connectivity index (χ1n) is 8.75. The van der Waals surface area contributed by atoms with E-state index in [1.54, 1.807) is 30.3 Å². The monoisotopic (exact) mass is 435 g/mol. The average molecular weight is 436 g/mol. The molecule has 0 saturated heterocycles. The molecular weight excluding hydrogens is 417 g/mol. The van der Waals surface area contributed by atoms with Crippen molar-refractivity contribution in [1.82, 2.24) is 14.8 Å². The first-order valence-corrected chi connectivity index (χ1v) is 10.5. The zero-order valence-corrected chi connectivity index (χ0v) is 17.8. The predicted octanol–water partition coefficient (Wildman–Crippen LogP) is 5.72. The molecule has 1 aromatic heterocycles. The second kappa shape index (κ2) is 9.45. The van der Waals surface area contributed by atoms with E-state index in [2.05, 4.69) is 10.2 Å². The minimum Gasteiger partial charge on any atom is -0.481 e. The third kappa shape index (κ3) is 4.87.